The van der Waals surface area contributed by atoms with E-state index in [4.69, 9.17) is 4.74 Å². The van der Waals surface area contributed by atoms with Crippen molar-refractivity contribution in [2.45, 2.75) is 50.4 Å². The van der Waals surface area contributed by atoms with Gasteiger partial charge in [-0.3, -0.25) is 9.59 Å². The number of likely N-dealkylation sites (tertiary alicyclic amines) is 1. The van der Waals surface area contributed by atoms with Crippen LogP contribution >= 0.6 is 0 Å². The van der Waals surface area contributed by atoms with Crippen molar-refractivity contribution in [2.24, 2.45) is 16.7 Å². The fourth-order valence-corrected chi connectivity index (χ4v) is 7.17. The summed E-state index contributed by atoms with van der Waals surface area (Å²) in [6.45, 7) is 1.77. The molecule has 4 saturated carbocycles. The topological polar surface area (TPSA) is 46.6 Å². The summed E-state index contributed by atoms with van der Waals surface area (Å²) in [5, 5.41) is 0. The van der Waals surface area contributed by atoms with Gasteiger partial charge in [-0.15, -0.1) is 0 Å². The van der Waals surface area contributed by atoms with Crippen molar-refractivity contribution in [3.05, 3.63) is 35.9 Å². The van der Waals surface area contributed by atoms with Crippen LogP contribution in [0.5, 0.6) is 0 Å². The van der Waals surface area contributed by atoms with Gasteiger partial charge in [0, 0.05) is 18.5 Å². The molecule has 6 rings (SSSR count). The molecule has 1 aliphatic heterocycles. The van der Waals surface area contributed by atoms with E-state index in [0.717, 1.165) is 51.6 Å². The molecule has 0 aromatic heterocycles. The number of hydrogen-bond acceptors (Lipinski definition) is 3. The normalized spacial score (nSPS) is 40.2. The maximum Gasteiger partial charge on any atom is 0.311 e. The summed E-state index contributed by atoms with van der Waals surface area (Å²) in [5.41, 5.74) is 0.436. The fraction of sp³-hybridized carbons (Fsp3) is 0.636. The largest absolute Gasteiger partial charge is 0.469 e. The van der Waals surface area contributed by atoms with Gasteiger partial charge in [0.1, 0.15) is 0 Å². The van der Waals surface area contributed by atoms with Crippen molar-refractivity contribution in [3.8, 4) is 0 Å². The van der Waals surface area contributed by atoms with Crippen molar-refractivity contribution in [3.63, 3.8) is 0 Å². The Morgan fingerprint density at radius 2 is 1.65 bits per heavy atom. The molecule has 4 nitrogen and oxygen atoms in total. The van der Waals surface area contributed by atoms with Gasteiger partial charge in [-0.2, -0.15) is 0 Å². The van der Waals surface area contributed by atoms with Crippen LogP contribution < -0.4 is 0 Å². The van der Waals surface area contributed by atoms with Crippen LogP contribution in [0.2, 0.25) is 0 Å². The molecule has 1 amide bonds. The Labute approximate surface area is 154 Å². The third kappa shape index (κ3) is 1.96. The molecule has 5 fully saturated rings. The third-order valence-electron chi connectivity index (χ3n) is 7.85. The predicted molar refractivity (Wildman–Crippen MR) is 97.4 cm³/mol. The molecular weight excluding hydrogens is 326 g/mol. The minimum absolute atomic E-state index is 0.0386. The molecule has 26 heavy (non-hydrogen) atoms. The van der Waals surface area contributed by atoms with Gasteiger partial charge in [-0.1, -0.05) is 30.3 Å². The summed E-state index contributed by atoms with van der Waals surface area (Å²) >= 11 is 0. The van der Waals surface area contributed by atoms with E-state index >= 15 is 0 Å². The molecule has 138 valence electrons. The van der Waals surface area contributed by atoms with Gasteiger partial charge in [-0.25, -0.2) is 0 Å². The maximum absolute atomic E-state index is 13.5. The molecule has 4 heteroatoms. The molecule has 4 atom stereocenters. The first-order chi connectivity index (χ1) is 12.5. The van der Waals surface area contributed by atoms with Crippen LogP contribution in [-0.4, -0.2) is 37.0 Å². The van der Waals surface area contributed by atoms with Gasteiger partial charge >= 0.3 is 5.97 Å². The van der Waals surface area contributed by atoms with E-state index in [1.165, 1.54) is 12.7 Å². The third-order valence-corrected chi connectivity index (χ3v) is 7.85. The first kappa shape index (κ1) is 16.3. The van der Waals surface area contributed by atoms with Gasteiger partial charge in [0.15, 0.2) is 0 Å². The quantitative estimate of drug-likeness (QED) is 0.784. The summed E-state index contributed by atoms with van der Waals surface area (Å²) < 4.78 is 5.25. The number of methoxy groups -OCH3 is 1. The Morgan fingerprint density at radius 1 is 1.00 bits per heavy atom. The predicted octanol–water partition coefficient (Wildman–Crippen LogP) is 3.30. The van der Waals surface area contributed by atoms with Crippen molar-refractivity contribution in [2.75, 3.05) is 20.2 Å². The van der Waals surface area contributed by atoms with Crippen LogP contribution in [0.25, 0.3) is 0 Å². The average Bonchev–Trinajstić information content (AvgIpc) is 3.33. The lowest BCUT2D eigenvalue weighted by Crippen LogP contribution is -2.51. The Hall–Kier alpha value is -1.84. The van der Waals surface area contributed by atoms with Crippen LogP contribution in [0, 0.1) is 16.7 Å². The first-order valence-corrected chi connectivity index (χ1v) is 9.97. The molecule has 5 aliphatic rings. The molecule has 1 saturated heterocycles. The van der Waals surface area contributed by atoms with Crippen LogP contribution in [0.15, 0.2) is 30.3 Å². The van der Waals surface area contributed by atoms with Crippen molar-refractivity contribution < 1.29 is 14.3 Å². The molecule has 4 aliphatic carbocycles. The zero-order chi connectivity index (χ0) is 18.0. The van der Waals surface area contributed by atoms with Crippen LogP contribution in [0.4, 0.5) is 0 Å². The molecule has 1 heterocycles. The Kier molecular flexibility index (Phi) is 3.35. The summed E-state index contributed by atoms with van der Waals surface area (Å²) in [6, 6.07) is 10.6. The van der Waals surface area contributed by atoms with Crippen LogP contribution in [0.1, 0.15) is 50.5 Å². The minimum Gasteiger partial charge on any atom is -0.469 e. The number of nitrogens with zero attached hydrogens (tertiary/aromatic N) is 1. The molecule has 0 radical (unpaired) electrons. The number of carbonyl (C=O) groups excluding carboxylic acids is 2. The molecular formula is C22H27NO3. The summed E-state index contributed by atoms with van der Waals surface area (Å²) in [7, 11) is 1.49. The second-order valence-electron chi connectivity index (χ2n) is 9.21. The highest BCUT2D eigenvalue weighted by Crippen LogP contribution is 2.75. The molecule has 1 aromatic rings. The zero-order valence-electron chi connectivity index (χ0n) is 15.5. The Balaban J connectivity index is 1.59. The van der Waals surface area contributed by atoms with Crippen molar-refractivity contribution in [1.29, 1.82) is 0 Å². The first-order valence-electron chi connectivity index (χ1n) is 9.97. The zero-order valence-corrected chi connectivity index (χ0v) is 15.5. The molecule has 4 bridgehead atoms. The van der Waals surface area contributed by atoms with Crippen molar-refractivity contribution >= 4 is 11.9 Å². The summed E-state index contributed by atoms with van der Waals surface area (Å²) in [6.07, 6.45) is 6.47. The lowest BCUT2D eigenvalue weighted by atomic mass is 9.58. The molecule has 4 unspecified atom stereocenters. The number of hydrogen-bond donors (Lipinski definition) is 0. The van der Waals surface area contributed by atoms with E-state index in [0.29, 0.717) is 18.2 Å². The number of rotatable bonds is 3. The van der Waals surface area contributed by atoms with E-state index in [2.05, 4.69) is 29.2 Å². The highest BCUT2D eigenvalue weighted by atomic mass is 16.5. The monoisotopic (exact) mass is 353 g/mol. The summed E-state index contributed by atoms with van der Waals surface area (Å²) in [4.78, 5) is 28.4. The number of esters is 1. The van der Waals surface area contributed by atoms with Gasteiger partial charge in [0.25, 0.3) is 0 Å². The second-order valence-corrected chi connectivity index (χ2v) is 9.21. The van der Waals surface area contributed by atoms with E-state index in [9.17, 15) is 9.59 Å². The van der Waals surface area contributed by atoms with Gasteiger partial charge < -0.3 is 9.64 Å². The van der Waals surface area contributed by atoms with Crippen LogP contribution in [-0.2, 0) is 19.7 Å². The van der Waals surface area contributed by atoms with Gasteiger partial charge in [-0.05, 0) is 56.4 Å². The smallest absolute Gasteiger partial charge is 0.311 e. The number of amides is 1. The SMILES string of the molecule is COC(=O)C12CC3CC(C(=O)N4CCCC4)(C1)CC3(c1ccccc1)C2. The van der Waals surface area contributed by atoms with Crippen molar-refractivity contribution in [1.82, 2.24) is 4.90 Å². The van der Waals surface area contributed by atoms with Gasteiger partial charge in [0.2, 0.25) is 5.91 Å². The molecule has 1 aromatic carbocycles. The Bertz CT molecular complexity index is 756. The highest BCUT2D eigenvalue weighted by molar-refractivity contribution is 5.88. The minimum atomic E-state index is -0.471. The maximum atomic E-state index is 13.5. The van der Waals surface area contributed by atoms with E-state index in [1.807, 2.05) is 6.07 Å². The summed E-state index contributed by atoms with van der Waals surface area (Å²) in [5.74, 6) is 0.619. The van der Waals surface area contributed by atoms with Crippen LogP contribution in [0.3, 0.4) is 0 Å². The highest BCUT2D eigenvalue weighted by Gasteiger charge is 2.74. The standard InChI is InChI=1S/C22H27NO3/c1-26-19(25)21-12-17-11-20(13-21,18(24)23-9-5-6-10-23)14-22(17,15-21)16-7-3-2-4-8-16/h2-4,7-8,17H,5-6,9-15H2,1H3. The van der Waals surface area contributed by atoms with E-state index in [-0.39, 0.29) is 16.8 Å². The fourth-order valence-electron chi connectivity index (χ4n) is 7.17. The van der Waals surface area contributed by atoms with E-state index < -0.39 is 5.41 Å². The number of benzene rings is 1. The number of ether oxygens (including phenoxy) is 1. The average molecular weight is 353 g/mol. The second kappa shape index (κ2) is 5.34. The lowest BCUT2D eigenvalue weighted by molar-refractivity contribution is -0.162. The van der Waals surface area contributed by atoms with Gasteiger partial charge in [0.05, 0.1) is 17.9 Å². The number of carbonyl (C=O) groups is 2. The van der Waals surface area contributed by atoms with E-state index in [1.54, 1.807) is 0 Å². The Morgan fingerprint density at radius 3 is 2.35 bits per heavy atom. The molecule has 0 N–H and O–H groups in total. The molecule has 0 spiro atoms. The lowest BCUT2D eigenvalue weighted by Gasteiger charge is -2.46.